The van der Waals surface area contributed by atoms with E-state index in [2.05, 4.69) is 0 Å². The molecular weight excluding hydrogens is 212 g/mol. The van der Waals surface area contributed by atoms with E-state index in [1.807, 2.05) is 19.1 Å². The van der Waals surface area contributed by atoms with Crippen molar-refractivity contribution < 1.29 is 14.6 Å². The molecule has 15 heavy (non-hydrogen) atoms. The van der Waals surface area contributed by atoms with Gasteiger partial charge in [0, 0.05) is 5.75 Å². The van der Waals surface area contributed by atoms with Crippen LogP contribution in [0.15, 0.2) is 12.2 Å². The molecule has 1 aliphatic carbocycles. The summed E-state index contributed by atoms with van der Waals surface area (Å²) in [5.41, 5.74) is 0. The minimum absolute atomic E-state index is 0.107. The number of hydrogen-bond donors (Lipinski definition) is 1. The second kappa shape index (κ2) is 6.90. The van der Waals surface area contributed by atoms with E-state index < -0.39 is 0 Å². The monoisotopic (exact) mass is 230 g/mol. The molecule has 0 fully saturated rings. The number of thioether (sulfide) groups is 1. The molecule has 1 rings (SSSR count). The van der Waals surface area contributed by atoms with Gasteiger partial charge in [-0.2, -0.15) is 0 Å². The summed E-state index contributed by atoms with van der Waals surface area (Å²) in [5, 5.41) is 9.20. The number of hydrogen-bond acceptors (Lipinski definition) is 4. The molecular formula is C11H18O3S. The lowest BCUT2D eigenvalue weighted by molar-refractivity contribution is 0.125. The quantitative estimate of drug-likeness (QED) is 0.585. The Labute approximate surface area is 94.9 Å². The first-order chi connectivity index (χ1) is 7.22. The van der Waals surface area contributed by atoms with Crippen molar-refractivity contribution in [2.45, 2.75) is 44.8 Å². The maximum Gasteiger partial charge on any atom is 0.367 e. The number of carbonyl (C=O) groups is 1. The molecule has 0 spiro atoms. The fraction of sp³-hybridized carbons (Fsp3) is 0.727. The molecule has 2 unspecified atom stereocenters. The molecule has 0 saturated heterocycles. The third-order valence-electron chi connectivity index (χ3n) is 2.29. The van der Waals surface area contributed by atoms with Crippen molar-refractivity contribution in [1.82, 2.24) is 0 Å². The van der Waals surface area contributed by atoms with Crippen LogP contribution in [0.25, 0.3) is 0 Å². The van der Waals surface area contributed by atoms with Crippen LogP contribution in [-0.4, -0.2) is 28.4 Å². The van der Waals surface area contributed by atoms with Crippen LogP contribution in [0, 0.1) is 0 Å². The Morgan fingerprint density at radius 1 is 1.60 bits per heavy atom. The topological polar surface area (TPSA) is 46.5 Å². The van der Waals surface area contributed by atoms with Crippen LogP contribution >= 0.6 is 11.8 Å². The van der Waals surface area contributed by atoms with Crippen LogP contribution in [0.2, 0.25) is 0 Å². The summed E-state index contributed by atoms with van der Waals surface area (Å²) >= 11 is 1.19. The standard InChI is InChI=1S/C11H18O3S/c1-2-15-11(13)14-10-7-3-5-9(12)6-4-8-10/h3,7,9-10,12H,2,4-6,8H2,1H3/b7-3+. The summed E-state index contributed by atoms with van der Waals surface area (Å²) in [6, 6.07) is 0. The largest absolute Gasteiger partial charge is 0.450 e. The molecule has 0 aromatic carbocycles. The highest BCUT2D eigenvalue weighted by Gasteiger charge is 2.14. The second-order valence-electron chi connectivity index (χ2n) is 3.59. The molecule has 0 saturated carbocycles. The predicted molar refractivity (Wildman–Crippen MR) is 62.0 cm³/mol. The van der Waals surface area contributed by atoms with Crippen molar-refractivity contribution in [3.63, 3.8) is 0 Å². The first kappa shape index (κ1) is 12.6. The van der Waals surface area contributed by atoms with Crippen molar-refractivity contribution in [3.8, 4) is 0 Å². The summed E-state index contributed by atoms with van der Waals surface area (Å²) in [6.45, 7) is 1.93. The lowest BCUT2D eigenvalue weighted by Crippen LogP contribution is -2.16. The van der Waals surface area contributed by atoms with Gasteiger partial charge in [-0.05, 0) is 43.5 Å². The van der Waals surface area contributed by atoms with Crippen LogP contribution in [0.1, 0.15) is 32.6 Å². The second-order valence-corrected chi connectivity index (χ2v) is 4.79. The van der Waals surface area contributed by atoms with E-state index in [-0.39, 0.29) is 17.5 Å². The average molecular weight is 230 g/mol. The van der Waals surface area contributed by atoms with E-state index in [0.29, 0.717) is 6.42 Å². The van der Waals surface area contributed by atoms with Gasteiger partial charge in [0.05, 0.1) is 6.10 Å². The Balaban J connectivity index is 2.37. The Morgan fingerprint density at radius 3 is 3.13 bits per heavy atom. The number of carbonyl (C=O) groups excluding carboxylic acids is 1. The Hall–Kier alpha value is -0.480. The van der Waals surface area contributed by atoms with Gasteiger partial charge >= 0.3 is 5.30 Å². The van der Waals surface area contributed by atoms with Crippen molar-refractivity contribution in [1.29, 1.82) is 0 Å². The molecule has 0 bridgehead atoms. The molecule has 3 nitrogen and oxygen atoms in total. The molecule has 0 radical (unpaired) electrons. The van der Waals surface area contributed by atoms with E-state index in [0.717, 1.165) is 25.0 Å². The predicted octanol–water partition coefficient (Wildman–Crippen LogP) is 2.74. The smallest absolute Gasteiger partial charge is 0.367 e. The average Bonchev–Trinajstić information content (AvgIpc) is 2.14. The Bertz CT molecular complexity index is 228. The molecule has 1 N–H and O–H groups in total. The van der Waals surface area contributed by atoms with Crippen molar-refractivity contribution in [2.24, 2.45) is 0 Å². The van der Waals surface area contributed by atoms with Gasteiger partial charge in [-0.3, -0.25) is 0 Å². The van der Waals surface area contributed by atoms with E-state index in [4.69, 9.17) is 4.74 Å². The molecule has 0 aliphatic heterocycles. The highest BCUT2D eigenvalue weighted by atomic mass is 32.2. The lowest BCUT2D eigenvalue weighted by atomic mass is 10.0. The van der Waals surface area contributed by atoms with E-state index in [9.17, 15) is 9.90 Å². The molecule has 0 aromatic heterocycles. The highest BCUT2D eigenvalue weighted by molar-refractivity contribution is 8.13. The third kappa shape index (κ3) is 5.23. The number of rotatable bonds is 2. The van der Waals surface area contributed by atoms with E-state index in [1.165, 1.54) is 11.8 Å². The van der Waals surface area contributed by atoms with Gasteiger partial charge < -0.3 is 9.84 Å². The summed E-state index contributed by atoms with van der Waals surface area (Å²) in [7, 11) is 0. The zero-order valence-corrected chi connectivity index (χ0v) is 9.83. The number of aliphatic hydroxyl groups excluding tert-OH is 1. The van der Waals surface area contributed by atoms with E-state index in [1.54, 1.807) is 0 Å². The van der Waals surface area contributed by atoms with Gasteiger partial charge in [0.25, 0.3) is 0 Å². The van der Waals surface area contributed by atoms with Gasteiger partial charge in [-0.25, -0.2) is 4.79 Å². The molecule has 4 heteroatoms. The molecule has 86 valence electrons. The van der Waals surface area contributed by atoms with Crippen LogP contribution < -0.4 is 0 Å². The van der Waals surface area contributed by atoms with Gasteiger partial charge in [-0.15, -0.1) is 0 Å². The van der Waals surface area contributed by atoms with Gasteiger partial charge in [0.2, 0.25) is 0 Å². The Morgan fingerprint density at radius 2 is 2.40 bits per heavy atom. The number of aliphatic hydroxyl groups is 1. The fourth-order valence-corrected chi connectivity index (χ4v) is 1.96. The first-order valence-corrected chi connectivity index (χ1v) is 6.39. The summed E-state index contributed by atoms with van der Waals surface area (Å²) in [6.07, 6.45) is 6.61. The summed E-state index contributed by atoms with van der Waals surface area (Å²) in [5.74, 6) is 0.744. The normalized spacial score (nSPS) is 28.9. The van der Waals surface area contributed by atoms with Gasteiger partial charge in [-0.1, -0.05) is 13.0 Å². The zero-order chi connectivity index (χ0) is 11.1. The zero-order valence-electron chi connectivity index (χ0n) is 9.02. The summed E-state index contributed by atoms with van der Waals surface area (Å²) < 4.78 is 5.26. The minimum atomic E-state index is -0.233. The van der Waals surface area contributed by atoms with Gasteiger partial charge in [0.15, 0.2) is 0 Å². The van der Waals surface area contributed by atoms with Crippen molar-refractivity contribution in [2.75, 3.05) is 5.75 Å². The van der Waals surface area contributed by atoms with Crippen LogP contribution in [0.3, 0.4) is 0 Å². The van der Waals surface area contributed by atoms with Gasteiger partial charge in [0.1, 0.15) is 6.10 Å². The highest BCUT2D eigenvalue weighted by Crippen LogP contribution is 2.17. The lowest BCUT2D eigenvalue weighted by Gasteiger charge is -2.17. The molecule has 2 atom stereocenters. The first-order valence-electron chi connectivity index (χ1n) is 5.40. The Kier molecular flexibility index (Phi) is 5.79. The molecule has 0 amide bonds. The van der Waals surface area contributed by atoms with Crippen LogP contribution in [0.5, 0.6) is 0 Å². The molecule has 0 heterocycles. The molecule has 1 aliphatic rings. The van der Waals surface area contributed by atoms with E-state index >= 15 is 0 Å². The number of ether oxygens (including phenoxy) is 1. The van der Waals surface area contributed by atoms with Crippen LogP contribution in [0.4, 0.5) is 4.79 Å². The minimum Gasteiger partial charge on any atom is -0.450 e. The fourth-order valence-electron chi connectivity index (χ4n) is 1.53. The maximum atomic E-state index is 11.2. The third-order valence-corrected chi connectivity index (χ3v) is 2.92. The van der Waals surface area contributed by atoms with Crippen molar-refractivity contribution in [3.05, 3.63) is 12.2 Å². The molecule has 0 aromatic rings. The van der Waals surface area contributed by atoms with Crippen molar-refractivity contribution >= 4 is 17.1 Å². The SMILES string of the molecule is CCSC(=O)OC1/C=C/CC(O)CCC1. The summed E-state index contributed by atoms with van der Waals surface area (Å²) in [4.78, 5) is 11.2. The van der Waals surface area contributed by atoms with Crippen LogP contribution in [-0.2, 0) is 4.74 Å². The maximum absolute atomic E-state index is 11.2.